The van der Waals surface area contributed by atoms with Crippen molar-refractivity contribution in [2.75, 3.05) is 16.9 Å². The van der Waals surface area contributed by atoms with E-state index in [0.29, 0.717) is 17.8 Å². The zero-order valence-electron chi connectivity index (χ0n) is 18.3. The Kier molecular flexibility index (Phi) is 7.10. The maximum absolute atomic E-state index is 12.8. The summed E-state index contributed by atoms with van der Waals surface area (Å²) in [5.41, 5.74) is 3.19. The lowest BCUT2D eigenvalue weighted by Crippen LogP contribution is -2.21. The highest BCUT2D eigenvalue weighted by molar-refractivity contribution is 7.90. The van der Waals surface area contributed by atoms with Crippen molar-refractivity contribution in [2.24, 2.45) is 0 Å². The minimum absolute atomic E-state index is 0.0869. The van der Waals surface area contributed by atoms with Gasteiger partial charge < -0.3 is 10.6 Å². The normalized spacial score (nSPS) is 12.1. The molecular weight excluding hydrogens is 424 g/mol. The number of amides is 2. The lowest BCUT2D eigenvalue weighted by Gasteiger charge is -2.16. The molecule has 32 heavy (non-hydrogen) atoms. The summed E-state index contributed by atoms with van der Waals surface area (Å²) in [6.07, 6.45) is 1.78. The zero-order valence-corrected chi connectivity index (χ0v) is 19.1. The smallest absolute Gasteiger partial charge is 0.255 e. The van der Waals surface area contributed by atoms with Crippen LogP contribution in [0, 0.1) is 6.92 Å². The van der Waals surface area contributed by atoms with Gasteiger partial charge in [-0.3, -0.25) is 9.59 Å². The predicted molar refractivity (Wildman–Crippen MR) is 127 cm³/mol. The van der Waals surface area contributed by atoms with Gasteiger partial charge in [0.25, 0.3) is 5.91 Å². The molecule has 7 heteroatoms. The second-order valence-corrected chi connectivity index (χ2v) is 9.66. The highest BCUT2D eigenvalue weighted by Crippen LogP contribution is 2.24. The molecule has 1 atom stereocenters. The molecule has 0 fully saturated rings. The SMILES string of the molecule is CCC(C(=O)Nc1ccc(NC(=O)c2cccc(S(C)(=O)=O)c2)c(C)c1)c1ccccc1. The Hall–Kier alpha value is -3.45. The van der Waals surface area contributed by atoms with E-state index in [-0.39, 0.29) is 22.3 Å². The number of hydrogen-bond donors (Lipinski definition) is 2. The summed E-state index contributed by atoms with van der Waals surface area (Å²) in [5, 5.41) is 5.75. The van der Waals surface area contributed by atoms with Gasteiger partial charge in [0.05, 0.1) is 10.8 Å². The predicted octanol–water partition coefficient (Wildman–Crippen LogP) is 4.78. The van der Waals surface area contributed by atoms with Crippen LogP contribution in [0.15, 0.2) is 77.7 Å². The van der Waals surface area contributed by atoms with Crippen molar-refractivity contribution in [1.82, 2.24) is 0 Å². The van der Waals surface area contributed by atoms with Gasteiger partial charge in [0.2, 0.25) is 5.91 Å². The van der Waals surface area contributed by atoms with Crippen molar-refractivity contribution < 1.29 is 18.0 Å². The van der Waals surface area contributed by atoms with Crippen LogP contribution in [0.25, 0.3) is 0 Å². The molecule has 0 saturated carbocycles. The topological polar surface area (TPSA) is 92.3 Å². The fourth-order valence-electron chi connectivity index (χ4n) is 3.43. The number of hydrogen-bond acceptors (Lipinski definition) is 4. The number of aryl methyl sites for hydroxylation is 1. The monoisotopic (exact) mass is 450 g/mol. The van der Waals surface area contributed by atoms with Crippen LogP contribution in [0.3, 0.4) is 0 Å². The van der Waals surface area contributed by atoms with Gasteiger partial charge >= 0.3 is 0 Å². The highest BCUT2D eigenvalue weighted by Gasteiger charge is 2.19. The molecule has 0 heterocycles. The Morgan fingerprint density at radius 2 is 1.62 bits per heavy atom. The molecule has 1 unspecified atom stereocenters. The molecule has 3 aromatic rings. The molecule has 0 radical (unpaired) electrons. The minimum atomic E-state index is -3.41. The van der Waals surface area contributed by atoms with E-state index >= 15 is 0 Å². The first kappa shape index (κ1) is 23.2. The molecule has 3 rings (SSSR count). The molecule has 166 valence electrons. The summed E-state index contributed by atoms with van der Waals surface area (Å²) in [4.78, 5) is 25.5. The van der Waals surface area contributed by atoms with Gasteiger partial charge in [0.15, 0.2) is 9.84 Å². The summed E-state index contributed by atoms with van der Waals surface area (Å²) >= 11 is 0. The Morgan fingerprint density at radius 1 is 0.906 bits per heavy atom. The van der Waals surface area contributed by atoms with Crippen molar-refractivity contribution in [3.05, 3.63) is 89.5 Å². The molecule has 0 aromatic heterocycles. The van der Waals surface area contributed by atoms with E-state index in [2.05, 4.69) is 10.6 Å². The molecule has 6 nitrogen and oxygen atoms in total. The summed E-state index contributed by atoms with van der Waals surface area (Å²) in [6, 6.07) is 20.8. The number of anilines is 2. The highest BCUT2D eigenvalue weighted by atomic mass is 32.2. The molecule has 2 amide bonds. The number of benzene rings is 3. The summed E-state index contributed by atoms with van der Waals surface area (Å²) < 4.78 is 23.5. The van der Waals surface area contributed by atoms with Crippen LogP contribution in [0.1, 0.15) is 40.7 Å². The Balaban J connectivity index is 1.73. The summed E-state index contributed by atoms with van der Waals surface area (Å²) in [5.74, 6) is -0.754. The van der Waals surface area contributed by atoms with Crippen molar-refractivity contribution in [2.45, 2.75) is 31.1 Å². The van der Waals surface area contributed by atoms with Crippen LogP contribution in [-0.2, 0) is 14.6 Å². The van der Waals surface area contributed by atoms with Crippen LogP contribution in [0.5, 0.6) is 0 Å². The molecular formula is C25H26N2O4S. The Morgan fingerprint density at radius 3 is 2.25 bits per heavy atom. The van der Waals surface area contributed by atoms with E-state index < -0.39 is 15.7 Å². The summed E-state index contributed by atoms with van der Waals surface area (Å²) in [7, 11) is -3.41. The molecule has 0 aliphatic carbocycles. The molecule has 0 bridgehead atoms. The van der Waals surface area contributed by atoms with Crippen LogP contribution in [-0.4, -0.2) is 26.5 Å². The largest absolute Gasteiger partial charge is 0.326 e. The first-order valence-corrected chi connectivity index (χ1v) is 12.2. The summed E-state index contributed by atoms with van der Waals surface area (Å²) in [6.45, 7) is 3.80. The first-order valence-electron chi connectivity index (χ1n) is 10.3. The number of carbonyl (C=O) groups is 2. The van der Waals surface area contributed by atoms with Crippen molar-refractivity contribution in [3.63, 3.8) is 0 Å². The van der Waals surface area contributed by atoms with Gasteiger partial charge in [0.1, 0.15) is 0 Å². The number of nitrogens with one attached hydrogen (secondary N) is 2. The standard InChI is InChI=1S/C25H26N2O4S/c1-4-22(18-9-6-5-7-10-18)25(29)26-20-13-14-23(17(2)15-20)27-24(28)19-11-8-12-21(16-19)32(3,30)31/h5-16,22H,4H2,1-3H3,(H,26,29)(H,27,28). The maximum Gasteiger partial charge on any atom is 0.255 e. The Bertz CT molecular complexity index is 1240. The third kappa shape index (κ3) is 5.62. The van der Waals surface area contributed by atoms with E-state index in [4.69, 9.17) is 0 Å². The second-order valence-electron chi connectivity index (χ2n) is 7.64. The fraction of sp³-hybridized carbons (Fsp3) is 0.200. The van der Waals surface area contributed by atoms with E-state index in [1.807, 2.05) is 44.2 Å². The molecule has 0 aliphatic rings. The molecule has 2 N–H and O–H groups in total. The quantitative estimate of drug-likeness (QED) is 0.542. The second kappa shape index (κ2) is 9.78. The lowest BCUT2D eigenvalue weighted by molar-refractivity contribution is -0.117. The molecule has 0 saturated heterocycles. The van der Waals surface area contributed by atoms with Gasteiger partial charge in [0, 0.05) is 23.2 Å². The van der Waals surface area contributed by atoms with Crippen LogP contribution >= 0.6 is 0 Å². The molecule has 0 aliphatic heterocycles. The average molecular weight is 451 g/mol. The van der Waals surface area contributed by atoms with E-state index in [1.165, 1.54) is 18.2 Å². The van der Waals surface area contributed by atoms with Gasteiger partial charge in [-0.1, -0.05) is 43.3 Å². The third-order valence-electron chi connectivity index (χ3n) is 5.19. The Labute approximate surface area is 188 Å². The van der Waals surface area contributed by atoms with Crippen LogP contribution < -0.4 is 10.6 Å². The van der Waals surface area contributed by atoms with E-state index in [1.54, 1.807) is 24.3 Å². The zero-order chi connectivity index (χ0) is 23.3. The van der Waals surface area contributed by atoms with E-state index in [0.717, 1.165) is 17.4 Å². The minimum Gasteiger partial charge on any atom is -0.326 e. The average Bonchev–Trinajstić information content (AvgIpc) is 2.76. The fourth-order valence-corrected chi connectivity index (χ4v) is 4.10. The van der Waals surface area contributed by atoms with Gasteiger partial charge in [-0.05, 0) is 60.9 Å². The number of rotatable bonds is 7. The lowest BCUT2D eigenvalue weighted by atomic mass is 9.95. The maximum atomic E-state index is 12.8. The van der Waals surface area contributed by atoms with E-state index in [9.17, 15) is 18.0 Å². The molecule has 0 spiro atoms. The third-order valence-corrected chi connectivity index (χ3v) is 6.30. The van der Waals surface area contributed by atoms with Crippen molar-refractivity contribution in [3.8, 4) is 0 Å². The number of sulfone groups is 1. The van der Waals surface area contributed by atoms with Gasteiger partial charge in [-0.2, -0.15) is 0 Å². The van der Waals surface area contributed by atoms with Crippen LogP contribution in [0.4, 0.5) is 11.4 Å². The van der Waals surface area contributed by atoms with Crippen molar-refractivity contribution in [1.29, 1.82) is 0 Å². The molecule has 3 aromatic carbocycles. The number of carbonyl (C=O) groups excluding carboxylic acids is 2. The first-order chi connectivity index (χ1) is 15.2. The van der Waals surface area contributed by atoms with Crippen molar-refractivity contribution >= 4 is 33.0 Å². The van der Waals surface area contributed by atoms with Crippen LogP contribution in [0.2, 0.25) is 0 Å². The van der Waals surface area contributed by atoms with Gasteiger partial charge in [-0.25, -0.2) is 8.42 Å². The van der Waals surface area contributed by atoms with Gasteiger partial charge in [-0.15, -0.1) is 0 Å².